The van der Waals surface area contributed by atoms with Gasteiger partial charge in [-0.3, -0.25) is 4.79 Å². The maximum Gasteiger partial charge on any atom is 0.224 e. The van der Waals surface area contributed by atoms with Crippen molar-refractivity contribution in [1.82, 2.24) is 5.32 Å². The summed E-state index contributed by atoms with van der Waals surface area (Å²) in [5, 5.41) is 2.94. The topological polar surface area (TPSA) is 55.1 Å². The molecule has 98 valence electrons. The fourth-order valence-electron chi connectivity index (χ4n) is 2.04. The quantitative estimate of drug-likeness (QED) is 0.856. The minimum Gasteiger partial charge on any atom is -0.350 e. The van der Waals surface area contributed by atoms with E-state index in [2.05, 4.69) is 5.32 Å². The maximum atomic E-state index is 12.8. The van der Waals surface area contributed by atoms with Gasteiger partial charge in [0, 0.05) is 18.0 Å². The van der Waals surface area contributed by atoms with E-state index >= 15 is 0 Å². The van der Waals surface area contributed by atoms with Gasteiger partial charge in [-0.25, -0.2) is 4.39 Å². The summed E-state index contributed by atoms with van der Waals surface area (Å²) < 4.78 is 12.8. The lowest BCUT2D eigenvalue weighted by Gasteiger charge is -2.24. The molecule has 1 aliphatic carbocycles. The van der Waals surface area contributed by atoms with Gasteiger partial charge in [-0.15, -0.1) is 0 Å². The Morgan fingerprint density at radius 3 is 2.61 bits per heavy atom. The van der Waals surface area contributed by atoms with Crippen molar-refractivity contribution in [3.05, 3.63) is 35.6 Å². The number of nitrogens with two attached hydrogens (primary N) is 1. The molecule has 0 aromatic heterocycles. The molecule has 0 spiro atoms. The molecule has 1 saturated carbocycles. The molecule has 2 rings (SSSR count). The molecule has 4 heteroatoms. The van der Waals surface area contributed by atoms with Gasteiger partial charge in [-0.05, 0) is 43.9 Å². The Kier molecular flexibility index (Phi) is 3.39. The molecule has 1 aromatic rings. The Morgan fingerprint density at radius 1 is 1.44 bits per heavy atom. The molecule has 2 unspecified atom stereocenters. The zero-order valence-corrected chi connectivity index (χ0v) is 10.7. The highest BCUT2D eigenvalue weighted by molar-refractivity contribution is 5.83. The van der Waals surface area contributed by atoms with Crippen molar-refractivity contribution in [3.63, 3.8) is 0 Å². The Balaban J connectivity index is 1.95. The van der Waals surface area contributed by atoms with E-state index < -0.39 is 0 Å². The molecule has 0 heterocycles. The average Bonchev–Trinajstić information content (AvgIpc) is 3.09. The number of carbonyl (C=O) groups is 1. The third-order valence-electron chi connectivity index (χ3n) is 3.40. The molecule has 1 aliphatic rings. The van der Waals surface area contributed by atoms with Crippen LogP contribution in [0.25, 0.3) is 0 Å². The Morgan fingerprint density at radius 2 is 2.06 bits per heavy atom. The van der Waals surface area contributed by atoms with Gasteiger partial charge in [0.05, 0.1) is 0 Å². The van der Waals surface area contributed by atoms with Gasteiger partial charge in [0.1, 0.15) is 5.82 Å². The summed E-state index contributed by atoms with van der Waals surface area (Å²) in [5.41, 5.74) is 6.24. The van der Waals surface area contributed by atoms with E-state index in [-0.39, 0.29) is 29.1 Å². The predicted molar refractivity (Wildman–Crippen MR) is 68.5 cm³/mol. The molecule has 0 radical (unpaired) electrons. The average molecular weight is 250 g/mol. The minimum absolute atomic E-state index is 0.00119. The molecule has 0 saturated heterocycles. The first-order valence-corrected chi connectivity index (χ1v) is 6.20. The van der Waals surface area contributed by atoms with E-state index in [1.54, 1.807) is 12.1 Å². The van der Waals surface area contributed by atoms with E-state index in [1.807, 2.05) is 13.8 Å². The highest BCUT2D eigenvalue weighted by atomic mass is 19.1. The summed E-state index contributed by atoms with van der Waals surface area (Å²) in [6.45, 7) is 4.22. The van der Waals surface area contributed by atoms with Crippen LogP contribution in [0.3, 0.4) is 0 Å². The van der Waals surface area contributed by atoms with Crippen LogP contribution < -0.4 is 11.1 Å². The molecule has 3 N–H and O–H groups in total. The number of rotatable bonds is 4. The Bertz CT molecular complexity index is 442. The van der Waals surface area contributed by atoms with E-state index in [0.29, 0.717) is 6.54 Å². The smallest absolute Gasteiger partial charge is 0.224 e. The van der Waals surface area contributed by atoms with Crippen LogP contribution in [-0.4, -0.2) is 18.0 Å². The second-order valence-electron chi connectivity index (χ2n) is 5.58. The van der Waals surface area contributed by atoms with Crippen LogP contribution in [0.4, 0.5) is 4.39 Å². The Labute approximate surface area is 107 Å². The van der Waals surface area contributed by atoms with Gasteiger partial charge in [-0.2, -0.15) is 0 Å². The monoisotopic (exact) mass is 250 g/mol. The van der Waals surface area contributed by atoms with Gasteiger partial charge in [0.2, 0.25) is 5.91 Å². The standard InChI is InChI=1S/C14H19FN2O/c1-14(2,8-16)17-13(18)12-7-11(12)9-3-5-10(15)6-4-9/h3-6,11-12H,7-8,16H2,1-2H3,(H,17,18). The summed E-state index contributed by atoms with van der Waals surface area (Å²) in [6, 6.07) is 6.38. The van der Waals surface area contributed by atoms with E-state index in [1.165, 1.54) is 12.1 Å². The molecule has 3 nitrogen and oxygen atoms in total. The van der Waals surface area contributed by atoms with Crippen LogP contribution in [0.5, 0.6) is 0 Å². The van der Waals surface area contributed by atoms with Crippen molar-refractivity contribution >= 4 is 5.91 Å². The molecule has 18 heavy (non-hydrogen) atoms. The first-order chi connectivity index (χ1) is 8.43. The lowest BCUT2D eigenvalue weighted by atomic mass is 10.0. The summed E-state index contributed by atoms with van der Waals surface area (Å²) in [5.74, 6) is 0.0184. The van der Waals surface area contributed by atoms with Gasteiger partial charge >= 0.3 is 0 Å². The van der Waals surface area contributed by atoms with Crippen LogP contribution >= 0.6 is 0 Å². The van der Waals surface area contributed by atoms with Crippen LogP contribution in [0.15, 0.2) is 24.3 Å². The molecular weight excluding hydrogens is 231 g/mol. The second-order valence-corrected chi connectivity index (χ2v) is 5.58. The van der Waals surface area contributed by atoms with E-state index in [4.69, 9.17) is 5.73 Å². The van der Waals surface area contributed by atoms with E-state index in [0.717, 1.165) is 12.0 Å². The van der Waals surface area contributed by atoms with Crippen molar-refractivity contribution in [1.29, 1.82) is 0 Å². The number of nitrogens with one attached hydrogen (secondary N) is 1. The predicted octanol–water partition coefficient (Wildman–Crippen LogP) is 1.78. The van der Waals surface area contributed by atoms with Gasteiger partial charge < -0.3 is 11.1 Å². The van der Waals surface area contributed by atoms with Crippen molar-refractivity contribution in [2.45, 2.75) is 31.7 Å². The summed E-state index contributed by atoms with van der Waals surface area (Å²) >= 11 is 0. The molecule has 0 aliphatic heterocycles. The van der Waals surface area contributed by atoms with Crippen molar-refractivity contribution in [2.75, 3.05) is 6.54 Å². The third-order valence-corrected chi connectivity index (χ3v) is 3.40. The number of benzene rings is 1. The lowest BCUT2D eigenvalue weighted by Crippen LogP contribution is -2.49. The third kappa shape index (κ3) is 2.88. The van der Waals surface area contributed by atoms with Gasteiger partial charge in [-0.1, -0.05) is 12.1 Å². The minimum atomic E-state index is -0.368. The molecule has 0 bridgehead atoms. The number of halogens is 1. The van der Waals surface area contributed by atoms with Gasteiger partial charge in [0.25, 0.3) is 0 Å². The van der Waals surface area contributed by atoms with Crippen LogP contribution in [0.1, 0.15) is 31.7 Å². The molecule has 1 aromatic carbocycles. The highest BCUT2D eigenvalue weighted by Crippen LogP contribution is 2.47. The van der Waals surface area contributed by atoms with Crippen molar-refractivity contribution < 1.29 is 9.18 Å². The molecule has 1 amide bonds. The zero-order chi connectivity index (χ0) is 13.3. The van der Waals surface area contributed by atoms with Crippen molar-refractivity contribution in [2.24, 2.45) is 11.7 Å². The van der Waals surface area contributed by atoms with Crippen LogP contribution in [-0.2, 0) is 4.79 Å². The van der Waals surface area contributed by atoms with Crippen LogP contribution in [0.2, 0.25) is 0 Å². The number of carbonyl (C=O) groups excluding carboxylic acids is 1. The van der Waals surface area contributed by atoms with Gasteiger partial charge in [0.15, 0.2) is 0 Å². The maximum absolute atomic E-state index is 12.8. The number of amides is 1. The number of hydrogen-bond acceptors (Lipinski definition) is 2. The summed E-state index contributed by atoms with van der Waals surface area (Å²) in [4.78, 5) is 12.0. The Hall–Kier alpha value is -1.42. The summed E-state index contributed by atoms with van der Waals surface area (Å²) in [6.07, 6.45) is 0.831. The fraction of sp³-hybridized carbons (Fsp3) is 0.500. The van der Waals surface area contributed by atoms with Crippen molar-refractivity contribution in [3.8, 4) is 0 Å². The fourth-order valence-corrected chi connectivity index (χ4v) is 2.04. The first kappa shape index (κ1) is 13.0. The molecule has 1 fully saturated rings. The lowest BCUT2D eigenvalue weighted by molar-refractivity contribution is -0.123. The number of hydrogen-bond donors (Lipinski definition) is 2. The highest BCUT2D eigenvalue weighted by Gasteiger charge is 2.44. The zero-order valence-electron chi connectivity index (χ0n) is 10.7. The first-order valence-electron chi connectivity index (χ1n) is 6.20. The van der Waals surface area contributed by atoms with E-state index in [9.17, 15) is 9.18 Å². The SMILES string of the molecule is CC(C)(CN)NC(=O)C1CC1c1ccc(F)cc1. The van der Waals surface area contributed by atoms with Crippen LogP contribution in [0, 0.1) is 11.7 Å². The molecule has 2 atom stereocenters. The largest absolute Gasteiger partial charge is 0.350 e. The normalized spacial score (nSPS) is 22.7. The second kappa shape index (κ2) is 4.69. The molecular formula is C14H19FN2O. The summed E-state index contributed by atoms with van der Waals surface area (Å²) in [7, 11) is 0.